The number of hydrazine groups is 1. The molecule has 0 aromatic carbocycles. The summed E-state index contributed by atoms with van der Waals surface area (Å²) < 4.78 is 0. The molecular weight excluding hydrogens is 186 g/mol. The van der Waals surface area contributed by atoms with Crippen molar-refractivity contribution in [2.75, 3.05) is 20.1 Å². The van der Waals surface area contributed by atoms with Gasteiger partial charge in [0.15, 0.2) is 0 Å². The number of hydrogen-bond acceptors (Lipinski definition) is 3. The van der Waals surface area contributed by atoms with E-state index >= 15 is 0 Å². The van der Waals surface area contributed by atoms with E-state index in [1.807, 2.05) is 12.1 Å². The van der Waals surface area contributed by atoms with Gasteiger partial charge in [0, 0.05) is 25.8 Å². The summed E-state index contributed by atoms with van der Waals surface area (Å²) in [6.45, 7) is 8.23. The van der Waals surface area contributed by atoms with Gasteiger partial charge >= 0.3 is 0 Å². The molecule has 0 saturated carbocycles. The Balaban J connectivity index is 2.12. The molecule has 1 aliphatic heterocycles. The third kappa shape index (κ3) is 4.67. The molecule has 88 valence electrons. The highest BCUT2D eigenvalue weighted by molar-refractivity contribution is 4.77. The van der Waals surface area contributed by atoms with Crippen molar-refractivity contribution in [1.82, 2.24) is 15.8 Å². The van der Waals surface area contributed by atoms with Crippen molar-refractivity contribution in [3.8, 4) is 0 Å². The molecule has 1 heterocycles. The highest BCUT2D eigenvalue weighted by atomic mass is 15.5. The Hall–Kier alpha value is -0.540. The van der Waals surface area contributed by atoms with Crippen LogP contribution in [0, 0.1) is 5.92 Å². The van der Waals surface area contributed by atoms with E-state index in [2.05, 4.69) is 24.2 Å². The van der Waals surface area contributed by atoms with Gasteiger partial charge in [-0.05, 0) is 38.1 Å². The van der Waals surface area contributed by atoms with Gasteiger partial charge in [-0.25, -0.2) is 5.43 Å². The number of hydrogen-bond donors (Lipinski definition) is 2. The van der Waals surface area contributed by atoms with E-state index < -0.39 is 0 Å². The molecule has 15 heavy (non-hydrogen) atoms. The van der Waals surface area contributed by atoms with Gasteiger partial charge in [0.25, 0.3) is 0 Å². The van der Waals surface area contributed by atoms with E-state index in [1.54, 1.807) is 6.20 Å². The molecule has 0 radical (unpaired) electrons. The van der Waals surface area contributed by atoms with Crippen molar-refractivity contribution >= 4 is 0 Å². The predicted molar refractivity (Wildman–Crippen MR) is 65.4 cm³/mol. The third-order valence-electron chi connectivity index (χ3n) is 3.28. The largest absolute Gasteiger partial charge is 0.319 e. The Morgan fingerprint density at radius 3 is 3.07 bits per heavy atom. The smallest absolute Gasteiger partial charge is 0.0225 e. The molecule has 0 aromatic rings. The normalized spacial score (nSPS) is 26.3. The molecule has 0 amide bonds. The summed E-state index contributed by atoms with van der Waals surface area (Å²) >= 11 is 0. The molecule has 2 N–H and O–H groups in total. The van der Waals surface area contributed by atoms with Crippen molar-refractivity contribution in [3.63, 3.8) is 0 Å². The standard InChI is InChI=1S/C12H25N3/c1-4-12-10-11(6-8-13-12)7-9-14-15(3)5-2/h5,11-14H,2,4,6-10H2,1,3H3/t11-,12-/m0/s1. The number of nitrogens with zero attached hydrogens (tertiary/aromatic N) is 1. The van der Waals surface area contributed by atoms with Gasteiger partial charge in [-0.3, -0.25) is 0 Å². The number of rotatable bonds is 6. The maximum Gasteiger partial charge on any atom is 0.0225 e. The summed E-state index contributed by atoms with van der Waals surface area (Å²) in [5.74, 6) is 0.891. The van der Waals surface area contributed by atoms with Crippen molar-refractivity contribution in [3.05, 3.63) is 12.8 Å². The Bertz CT molecular complexity index is 182. The van der Waals surface area contributed by atoms with Crippen LogP contribution in [0.25, 0.3) is 0 Å². The van der Waals surface area contributed by atoms with Crippen LogP contribution in [0.4, 0.5) is 0 Å². The van der Waals surface area contributed by atoms with Gasteiger partial charge in [0.05, 0.1) is 0 Å². The van der Waals surface area contributed by atoms with Crippen LogP contribution in [0.2, 0.25) is 0 Å². The van der Waals surface area contributed by atoms with Gasteiger partial charge < -0.3 is 10.3 Å². The van der Waals surface area contributed by atoms with Crippen LogP contribution in [0.5, 0.6) is 0 Å². The molecule has 3 nitrogen and oxygen atoms in total. The van der Waals surface area contributed by atoms with Crippen LogP contribution in [-0.2, 0) is 0 Å². The Morgan fingerprint density at radius 2 is 2.40 bits per heavy atom. The van der Waals surface area contributed by atoms with Crippen LogP contribution in [0.3, 0.4) is 0 Å². The fourth-order valence-corrected chi connectivity index (χ4v) is 2.18. The SMILES string of the molecule is C=CN(C)NCC[C@@H]1CCN[C@@H](CC)C1. The molecule has 1 rings (SSSR count). The van der Waals surface area contributed by atoms with Crippen LogP contribution in [-0.4, -0.2) is 31.2 Å². The van der Waals surface area contributed by atoms with Gasteiger partial charge in [-0.15, -0.1) is 0 Å². The molecule has 0 spiro atoms. The van der Waals surface area contributed by atoms with E-state index in [0.717, 1.165) is 18.5 Å². The average molecular weight is 211 g/mol. The third-order valence-corrected chi connectivity index (χ3v) is 3.28. The monoisotopic (exact) mass is 211 g/mol. The van der Waals surface area contributed by atoms with Gasteiger partial charge in [-0.2, -0.15) is 0 Å². The lowest BCUT2D eigenvalue weighted by Gasteiger charge is -2.30. The van der Waals surface area contributed by atoms with E-state index in [1.165, 1.54) is 32.2 Å². The second-order valence-corrected chi connectivity index (χ2v) is 4.44. The number of nitrogens with one attached hydrogen (secondary N) is 2. The van der Waals surface area contributed by atoms with Crippen LogP contribution < -0.4 is 10.7 Å². The molecule has 0 aromatic heterocycles. The minimum Gasteiger partial charge on any atom is -0.319 e. The summed E-state index contributed by atoms with van der Waals surface area (Å²) in [6, 6.07) is 0.751. The van der Waals surface area contributed by atoms with Gasteiger partial charge in [0.2, 0.25) is 0 Å². The first-order chi connectivity index (χ1) is 7.26. The number of piperidine rings is 1. The minimum absolute atomic E-state index is 0.751. The first kappa shape index (κ1) is 12.5. The molecule has 0 aliphatic carbocycles. The topological polar surface area (TPSA) is 27.3 Å². The molecule has 0 bridgehead atoms. The molecule has 0 unspecified atom stereocenters. The molecule has 2 atom stereocenters. The highest BCUT2D eigenvalue weighted by Crippen LogP contribution is 2.20. The lowest BCUT2D eigenvalue weighted by Crippen LogP contribution is -2.39. The van der Waals surface area contributed by atoms with Crippen molar-refractivity contribution in [1.29, 1.82) is 0 Å². The summed E-state index contributed by atoms with van der Waals surface area (Å²) in [7, 11) is 1.99. The van der Waals surface area contributed by atoms with E-state index in [0.29, 0.717) is 0 Å². The molecule has 3 heteroatoms. The van der Waals surface area contributed by atoms with Crippen LogP contribution in [0.1, 0.15) is 32.6 Å². The summed E-state index contributed by atoms with van der Waals surface area (Å²) in [5.41, 5.74) is 3.31. The van der Waals surface area contributed by atoms with Crippen molar-refractivity contribution < 1.29 is 0 Å². The summed E-state index contributed by atoms with van der Waals surface area (Å²) in [4.78, 5) is 0. The minimum atomic E-state index is 0.751. The van der Waals surface area contributed by atoms with Crippen molar-refractivity contribution in [2.45, 2.75) is 38.6 Å². The van der Waals surface area contributed by atoms with E-state index in [4.69, 9.17) is 0 Å². The van der Waals surface area contributed by atoms with Crippen molar-refractivity contribution in [2.24, 2.45) is 5.92 Å². The maximum absolute atomic E-state index is 3.70. The second kappa shape index (κ2) is 6.85. The second-order valence-electron chi connectivity index (χ2n) is 4.44. The molecule has 1 fully saturated rings. The van der Waals surface area contributed by atoms with E-state index in [-0.39, 0.29) is 0 Å². The first-order valence-electron chi connectivity index (χ1n) is 6.08. The lowest BCUT2D eigenvalue weighted by molar-refractivity contribution is 0.254. The Labute approximate surface area is 93.9 Å². The zero-order valence-corrected chi connectivity index (χ0v) is 10.1. The molecular formula is C12H25N3. The predicted octanol–water partition coefficient (Wildman–Crippen LogP) is 1.73. The Kier molecular flexibility index (Phi) is 5.73. The van der Waals surface area contributed by atoms with Crippen LogP contribution in [0.15, 0.2) is 12.8 Å². The van der Waals surface area contributed by atoms with Gasteiger partial charge in [0.1, 0.15) is 0 Å². The van der Waals surface area contributed by atoms with Crippen LogP contribution >= 0.6 is 0 Å². The first-order valence-corrected chi connectivity index (χ1v) is 6.08. The Morgan fingerprint density at radius 1 is 1.60 bits per heavy atom. The summed E-state index contributed by atoms with van der Waals surface area (Å²) in [6.07, 6.45) is 7.01. The summed E-state index contributed by atoms with van der Waals surface area (Å²) in [5, 5.41) is 5.49. The zero-order chi connectivity index (χ0) is 11.1. The average Bonchev–Trinajstić information content (AvgIpc) is 2.29. The van der Waals surface area contributed by atoms with Gasteiger partial charge in [-0.1, -0.05) is 13.5 Å². The highest BCUT2D eigenvalue weighted by Gasteiger charge is 2.19. The zero-order valence-electron chi connectivity index (χ0n) is 10.1. The quantitative estimate of drug-likeness (QED) is 0.655. The lowest BCUT2D eigenvalue weighted by atomic mass is 9.89. The van der Waals surface area contributed by atoms with E-state index in [9.17, 15) is 0 Å². The molecule has 1 saturated heterocycles. The maximum atomic E-state index is 3.70. The fraction of sp³-hybridized carbons (Fsp3) is 0.833. The molecule has 1 aliphatic rings. The fourth-order valence-electron chi connectivity index (χ4n) is 2.18.